The van der Waals surface area contributed by atoms with Crippen molar-refractivity contribution in [2.24, 2.45) is 5.92 Å². The van der Waals surface area contributed by atoms with Crippen LogP contribution in [0.2, 0.25) is 0 Å². The van der Waals surface area contributed by atoms with Gasteiger partial charge in [-0.3, -0.25) is 9.58 Å². The Labute approximate surface area is 190 Å². The average Bonchev–Trinajstić information content (AvgIpc) is 3.41. The van der Waals surface area contributed by atoms with E-state index in [2.05, 4.69) is 42.2 Å². The van der Waals surface area contributed by atoms with E-state index in [1.54, 1.807) is 0 Å². The highest BCUT2D eigenvalue weighted by Gasteiger charge is 2.19. The van der Waals surface area contributed by atoms with Gasteiger partial charge in [-0.1, -0.05) is 19.3 Å². The van der Waals surface area contributed by atoms with E-state index >= 15 is 0 Å². The summed E-state index contributed by atoms with van der Waals surface area (Å²) in [7, 11) is 0. The van der Waals surface area contributed by atoms with Gasteiger partial charge in [0.2, 0.25) is 5.88 Å². The quantitative estimate of drug-likeness (QED) is 0.557. The Morgan fingerprint density at radius 3 is 2.69 bits per heavy atom. The molecule has 3 aromatic heterocycles. The minimum Gasteiger partial charge on any atom is -0.477 e. The Hall–Kier alpha value is -2.38. The fourth-order valence-electron chi connectivity index (χ4n) is 5.06. The smallest absolute Gasteiger partial charge is 0.215 e. The first-order valence-electron chi connectivity index (χ1n) is 12.1. The maximum absolute atomic E-state index is 6.32. The van der Waals surface area contributed by atoms with Crippen molar-refractivity contribution in [2.75, 3.05) is 39.5 Å². The topological polar surface area (TPSA) is 56.8 Å². The van der Waals surface area contributed by atoms with Gasteiger partial charge in [0.1, 0.15) is 0 Å². The normalized spacial score (nSPS) is 18.4. The fraction of sp³-hybridized carbons (Fsp3) is 0.600. The highest BCUT2D eigenvalue weighted by molar-refractivity contribution is 5.82. The van der Waals surface area contributed by atoms with E-state index in [0.29, 0.717) is 5.92 Å². The van der Waals surface area contributed by atoms with E-state index < -0.39 is 0 Å². The van der Waals surface area contributed by atoms with Crippen molar-refractivity contribution in [2.45, 2.75) is 52.5 Å². The number of aromatic nitrogens is 4. The molecular formula is C25H35N5O2. The van der Waals surface area contributed by atoms with Gasteiger partial charge in [-0.25, -0.2) is 4.52 Å². The number of ether oxygens (including phenoxy) is 2. The van der Waals surface area contributed by atoms with E-state index in [-0.39, 0.29) is 0 Å². The zero-order chi connectivity index (χ0) is 21.9. The molecule has 3 aromatic rings. The van der Waals surface area contributed by atoms with E-state index in [4.69, 9.17) is 14.6 Å². The van der Waals surface area contributed by atoms with E-state index in [0.717, 1.165) is 74.2 Å². The lowest BCUT2D eigenvalue weighted by Gasteiger charge is -2.26. The van der Waals surface area contributed by atoms with E-state index in [1.807, 2.05) is 15.4 Å². The molecule has 7 heteroatoms. The maximum Gasteiger partial charge on any atom is 0.215 e. The summed E-state index contributed by atoms with van der Waals surface area (Å²) in [4.78, 5) is 2.44. The molecule has 5 rings (SSSR count). The molecular weight excluding hydrogens is 402 g/mol. The van der Waals surface area contributed by atoms with Gasteiger partial charge < -0.3 is 9.47 Å². The molecule has 0 spiro atoms. The van der Waals surface area contributed by atoms with Crippen LogP contribution in [0.3, 0.4) is 0 Å². The van der Waals surface area contributed by atoms with Gasteiger partial charge in [0, 0.05) is 43.0 Å². The average molecular weight is 438 g/mol. The van der Waals surface area contributed by atoms with Gasteiger partial charge in [0.05, 0.1) is 43.8 Å². The first-order valence-corrected chi connectivity index (χ1v) is 12.1. The lowest BCUT2D eigenvalue weighted by atomic mass is 9.90. The molecule has 172 valence electrons. The summed E-state index contributed by atoms with van der Waals surface area (Å²) >= 11 is 0. The largest absolute Gasteiger partial charge is 0.477 e. The molecule has 1 saturated carbocycles. The van der Waals surface area contributed by atoms with Crippen LogP contribution < -0.4 is 4.74 Å². The monoisotopic (exact) mass is 437 g/mol. The summed E-state index contributed by atoms with van der Waals surface area (Å²) in [5, 5.41) is 9.49. The molecule has 0 unspecified atom stereocenters. The van der Waals surface area contributed by atoms with Gasteiger partial charge in [-0.2, -0.15) is 10.2 Å². The Balaban J connectivity index is 1.35. The zero-order valence-electron chi connectivity index (χ0n) is 19.4. The Bertz CT molecular complexity index is 1040. The summed E-state index contributed by atoms with van der Waals surface area (Å²) < 4.78 is 15.8. The number of hydrogen-bond donors (Lipinski definition) is 0. The van der Waals surface area contributed by atoms with Gasteiger partial charge in [-0.15, -0.1) is 0 Å². The van der Waals surface area contributed by atoms with Crippen LogP contribution in [-0.4, -0.2) is 63.7 Å². The Morgan fingerprint density at radius 2 is 1.88 bits per heavy atom. The third-order valence-corrected chi connectivity index (χ3v) is 6.88. The van der Waals surface area contributed by atoms with Crippen LogP contribution in [0.4, 0.5) is 0 Å². The van der Waals surface area contributed by atoms with Crippen molar-refractivity contribution in [1.82, 2.24) is 24.3 Å². The first-order chi connectivity index (χ1) is 15.7. The summed E-state index contributed by atoms with van der Waals surface area (Å²) in [6, 6.07) is 4.31. The molecule has 4 heterocycles. The zero-order valence-corrected chi connectivity index (χ0v) is 19.4. The lowest BCUT2D eigenvalue weighted by Crippen LogP contribution is -2.38. The van der Waals surface area contributed by atoms with E-state index in [1.165, 1.54) is 37.7 Å². The molecule has 7 nitrogen and oxygen atoms in total. The molecule has 1 aliphatic carbocycles. The second kappa shape index (κ2) is 9.63. The molecule has 32 heavy (non-hydrogen) atoms. The molecule has 2 aliphatic rings. The van der Waals surface area contributed by atoms with Crippen LogP contribution in [0.15, 0.2) is 24.5 Å². The molecule has 2 fully saturated rings. The predicted molar refractivity (Wildman–Crippen MR) is 125 cm³/mol. The van der Waals surface area contributed by atoms with Gasteiger partial charge in [0.15, 0.2) is 0 Å². The molecule has 0 N–H and O–H groups in total. The highest BCUT2D eigenvalue weighted by Crippen LogP contribution is 2.32. The summed E-state index contributed by atoms with van der Waals surface area (Å²) in [5.74, 6) is 1.51. The fourth-order valence-corrected chi connectivity index (χ4v) is 5.06. The second-order valence-corrected chi connectivity index (χ2v) is 9.39. The van der Waals surface area contributed by atoms with Crippen molar-refractivity contribution in [3.63, 3.8) is 0 Å². The molecule has 0 radical (unpaired) electrons. The van der Waals surface area contributed by atoms with Gasteiger partial charge in [0.25, 0.3) is 0 Å². The predicted octanol–water partition coefficient (Wildman–Crippen LogP) is 4.11. The Kier molecular flexibility index (Phi) is 6.46. The summed E-state index contributed by atoms with van der Waals surface area (Å²) in [6.07, 6.45) is 10.7. The van der Waals surface area contributed by atoms with Crippen LogP contribution >= 0.6 is 0 Å². The van der Waals surface area contributed by atoms with Crippen LogP contribution in [-0.2, 0) is 11.3 Å². The number of fused-ring (bicyclic) bond motifs is 1. The van der Waals surface area contributed by atoms with Crippen LogP contribution in [0, 0.1) is 19.8 Å². The molecule has 0 aromatic carbocycles. The van der Waals surface area contributed by atoms with Gasteiger partial charge >= 0.3 is 0 Å². The number of rotatable bonds is 7. The number of morpholine rings is 1. The molecule has 0 bridgehead atoms. The molecule has 0 amide bonds. The third kappa shape index (κ3) is 4.69. The van der Waals surface area contributed by atoms with Crippen molar-refractivity contribution in [3.8, 4) is 17.0 Å². The number of aryl methyl sites for hydroxylation is 2. The molecule has 1 aliphatic heterocycles. The van der Waals surface area contributed by atoms with Crippen molar-refractivity contribution >= 4 is 5.52 Å². The molecule has 0 atom stereocenters. The SMILES string of the molecule is Cc1cc(OCC2CCCCC2)n2nc(C)c(-c3cnn(CCN4CCOCC4)c3)c2c1. The summed E-state index contributed by atoms with van der Waals surface area (Å²) in [6.45, 7) is 10.5. The first kappa shape index (κ1) is 21.5. The maximum atomic E-state index is 6.32. The van der Waals surface area contributed by atoms with Gasteiger partial charge in [-0.05, 0) is 44.2 Å². The number of hydrogen-bond acceptors (Lipinski definition) is 5. The Morgan fingerprint density at radius 1 is 1.06 bits per heavy atom. The minimum absolute atomic E-state index is 0.667. The van der Waals surface area contributed by atoms with Crippen molar-refractivity contribution in [3.05, 3.63) is 35.8 Å². The highest BCUT2D eigenvalue weighted by atomic mass is 16.5. The molecule has 1 saturated heterocycles. The van der Waals surface area contributed by atoms with Crippen molar-refractivity contribution < 1.29 is 9.47 Å². The van der Waals surface area contributed by atoms with Crippen LogP contribution in [0.5, 0.6) is 5.88 Å². The van der Waals surface area contributed by atoms with Crippen LogP contribution in [0.1, 0.15) is 43.4 Å². The summed E-state index contributed by atoms with van der Waals surface area (Å²) in [5.41, 5.74) is 5.55. The lowest BCUT2D eigenvalue weighted by molar-refractivity contribution is 0.0360. The van der Waals surface area contributed by atoms with E-state index in [9.17, 15) is 0 Å². The standard InChI is InChI=1S/C25H35N5O2/c1-19-14-23-25(22-16-26-29(17-22)9-8-28-10-12-31-13-11-28)20(2)27-30(23)24(15-19)32-18-21-6-4-3-5-7-21/h14-17,21H,3-13,18H2,1-2H3. The van der Waals surface area contributed by atoms with Crippen LogP contribution in [0.25, 0.3) is 16.6 Å². The number of pyridine rings is 1. The second-order valence-electron chi connectivity index (χ2n) is 9.39. The minimum atomic E-state index is 0.667. The van der Waals surface area contributed by atoms with Crippen molar-refractivity contribution in [1.29, 1.82) is 0 Å². The number of nitrogens with zero attached hydrogens (tertiary/aromatic N) is 5. The third-order valence-electron chi connectivity index (χ3n) is 6.88.